The van der Waals surface area contributed by atoms with Crippen molar-refractivity contribution in [1.29, 1.82) is 0 Å². The molecule has 0 spiro atoms. The Bertz CT molecular complexity index is 393. The lowest BCUT2D eigenvalue weighted by atomic mass is 9.80. The van der Waals surface area contributed by atoms with Crippen molar-refractivity contribution in [2.45, 2.75) is 63.5 Å². The van der Waals surface area contributed by atoms with E-state index in [1.807, 2.05) is 0 Å². The molecule has 1 aliphatic rings. The molecule has 0 aromatic heterocycles. The molecule has 0 radical (unpaired) electrons. The van der Waals surface area contributed by atoms with Crippen LogP contribution in [-0.2, 0) is 0 Å². The van der Waals surface area contributed by atoms with Crippen molar-refractivity contribution in [2.24, 2.45) is 0 Å². The fraction of sp³-hybridized carbons (Fsp3) is 0.684. The van der Waals surface area contributed by atoms with Gasteiger partial charge in [0.2, 0.25) is 0 Å². The van der Waals surface area contributed by atoms with Gasteiger partial charge in [0.15, 0.2) is 0 Å². The molecular weight excluding hydrogens is 256 g/mol. The number of nitrogens with zero attached hydrogens (tertiary/aromatic N) is 1. The van der Waals surface area contributed by atoms with Crippen LogP contribution in [0.1, 0.15) is 63.5 Å². The molecule has 1 unspecified atom stereocenters. The lowest BCUT2D eigenvalue weighted by Gasteiger charge is -2.44. The van der Waals surface area contributed by atoms with E-state index in [9.17, 15) is 0 Å². The van der Waals surface area contributed by atoms with Crippen molar-refractivity contribution in [1.82, 2.24) is 10.2 Å². The van der Waals surface area contributed by atoms with Crippen molar-refractivity contribution in [2.75, 3.05) is 20.6 Å². The van der Waals surface area contributed by atoms with Gasteiger partial charge in [0.1, 0.15) is 0 Å². The number of nitrogens with one attached hydrogen (secondary N) is 1. The van der Waals surface area contributed by atoms with Crippen LogP contribution < -0.4 is 5.32 Å². The van der Waals surface area contributed by atoms with Gasteiger partial charge < -0.3 is 10.2 Å². The second-order valence-corrected chi connectivity index (χ2v) is 6.81. The van der Waals surface area contributed by atoms with Gasteiger partial charge in [-0.05, 0) is 38.9 Å². The molecule has 1 atom stereocenters. The maximum atomic E-state index is 3.89. The molecule has 118 valence electrons. The van der Waals surface area contributed by atoms with E-state index in [-0.39, 0.29) is 0 Å². The third-order valence-electron chi connectivity index (χ3n) is 5.19. The first-order chi connectivity index (χ1) is 10.2. The van der Waals surface area contributed by atoms with Gasteiger partial charge in [-0.25, -0.2) is 0 Å². The molecule has 0 aliphatic heterocycles. The second-order valence-electron chi connectivity index (χ2n) is 6.81. The topological polar surface area (TPSA) is 15.3 Å². The number of hydrogen-bond donors (Lipinski definition) is 1. The first kappa shape index (κ1) is 16.5. The summed E-state index contributed by atoms with van der Waals surface area (Å²) >= 11 is 0. The molecule has 1 aromatic carbocycles. The van der Waals surface area contributed by atoms with E-state index in [1.165, 1.54) is 50.5 Å². The second kappa shape index (κ2) is 7.95. The van der Waals surface area contributed by atoms with Gasteiger partial charge in [-0.2, -0.15) is 0 Å². The summed E-state index contributed by atoms with van der Waals surface area (Å²) in [6.07, 6.45) is 9.27. The molecule has 1 aromatic rings. The van der Waals surface area contributed by atoms with Gasteiger partial charge in [0, 0.05) is 18.1 Å². The van der Waals surface area contributed by atoms with Gasteiger partial charge in [-0.15, -0.1) is 0 Å². The Hall–Kier alpha value is -0.860. The van der Waals surface area contributed by atoms with Crippen LogP contribution in [0, 0.1) is 0 Å². The van der Waals surface area contributed by atoms with Gasteiger partial charge >= 0.3 is 0 Å². The number of rotatable bonds is 7. The monoisotopic (exact) mass is 288 g/mol. The molecule has 0 amide bonds. The summed E-state index contributed by atoms with van der Waals surface area (Å²) in [5.41, 5.74) is 1.79. The van der Waals surface area contributed by atoms with Crippen LogP contribution in [0.25, 0.3) is 0 Å². The predicted molar refractivity (Wildman–Crippen MR) is 91.6 cm³/mol. The van der Waals surface area contributed by atoms with Gasteiger partial charge in [-0.3, -0.25) is 0 Å². The average molecular weight is 288 g/mol. The summed E-state index contributed by atoms with van der Waals surface area (Å²) in [6, 6.07) is 11.4. The molecule has 21 heavy (non-hydrogen) atoms. The fourth-order valence-electron chi connectivity index (χ4n) is 3.67. The minimum atomic E-state index is 0.360. The normalized spacial score (nSPS) is 19.6. The fourth-order valence-corrected chi connectivity index (χ4v) is 3.67. The van der Waals surface area contributed by atoms with Crippen molar-refractivity contribution < 1.29 is 0 Å². The van der Waals surface area contributed by atoms with E-state index in [4.69, 9.17) is 0 Å². The molecule has 2 heteroatoms. The van der Waals surface area contributed by atoms with Gasteiger partial charge in [0.25, 0.3) is 0 Å². The Labute approximate surface area is 130 Å². The van der Waals surface area contributed by atoms with E-state index >= 15 is 0 Å². The quantitative estimate of drug-likeness (QED) is 0.801. The maximum Gasteiger partial charge on any atom is 0.0328 e. The smallest absolute Gasteiger partial charge is 0.0328 e. The first-order valence-corrected chi connectivity index (χ1v) is 8.64. The highest BCUT2D eigenvalue weighted by atomic mass is 15.2. The highest BCUT2D eigenvalue weighted by molar-refractivity contribution is 5.19. The molecule has 0 bridgehead atoms. The number of benzene rings is 1. The largest absolute Gasteiger partial charge is 0.308 e. The maximum absolute atomic E-state index is 3.89. The highest BCUT2D eigenvalue weighted by Crippen LogP contribution is 2.32. The van der Waals surface area contributed by atoms with Crippen LogP contribution in [-0.4, -0.2) is 31.1 Å². The third kappa shape index (κ3) is 4.31. The predicted octanol–water partition coefficient (Wildman–Crippen LogP) is 4.38. The third-order valence-corrected chi connectivity index (χ3v) is 5.19. The summed E-state index contributed by atoms with van der Waals surface area (Å²) in [5, 5.41) is 3.89. The van der Waals surface area contributed by atoms with Crippen molar-refractivity contribution in [3.05, 3.63) is 35.9 Å². The summed E-state index contributed by atoms with van der Waals surface area (Å²) in [6.45, 7) is 3.39. The van der Waals surface area contributed by atoms with Gasteiger partial charge in [0.05, 0.1) is 0 Å². The van der Waals surface area contributed by atoms with Crippen LogP contribution in [0.2, 0.25) is 0 Å². The Morgan fingerprint density at radius 2 is 1.76 bits per heavy atom. The average Bonchev–Trinajstić information content (AvgIpc) is 2.53. The minimum absolute atomic E-state index is 0.360. The molecular formula is C19H32N2. The van der Waals surface area contributed by atoms with Crippen LogP contribution >= 0.6 is 0 Å². The number of likely N-dealkylation sites (N-methyl/N-ethyl adjacent to an activating group) is 1. The standard InChI is InChI=1S/C19H32N2/c1-4-11-18(17-12-7-5-8-13-17)20-16-19(21(2)3)14-9-6-10-15-19/h5,7-8,12-13,18,20H,4,6,9-11,14-16H2,1-3H3. The van der Waals surface area contributed by atoms with Crippen molar-refractivity contribution >= 4 is 0 Å². The summed E-state index contributed by atoms with van der Waals surface area (Å²) in [5.74, 6) is 0. The minimum Gasteiger partial charge on any atom is -0.308 e. The van der Waals surface area contributed by atoms with Crippen LogP contribution in [0.15, 0.2) is 30.3 Å². The Morgan fingerprint density at radius 1 is 1.10 bits per heavy atom. The molecule has 1 saturated carbocycles. The first-order valence-electron chi connectivity index (χ1n) is 8.64. The Kier molecular flexibility index (Phi) is 6.25. The van der Waals surface area contributed by atoms with E-state index in [2.05, 4.69) is 61.6 Å². The Balaban J connectivity index is 2.03. The number of hydrogen-bond acceptors (Lipinski definition) is 2. The zero-order chi connectivity index (χ0) is 15.1. The van der Waals surface area contributed by atoms with Crippen LogP contribution in [0.3, 0.4) is 0 Å². The molecule has 1 N–H and O–H groups in total. The molecule has 2 rings (SSSR count). The molecule has 0 saturated heterocycles. The van der Waals surface area contributed by atoms with Gasteiger partial charge in [-0.1, -0.05) is 62.9 Å². The van der Waals surface area contributed by atoms with E-state index in [0.717, 1.165) is 6.54 Å². The lowest BCUT2D eigenvalue weighted by molar-refractivity contribution is 0.0946. The molecule has 1 aliphatic carbocycles. The highest BCUT2D eigenvalue weighted by Gasteiger charge is 2.34. The lowest BCUT2D eigenvalue weighted by Crippen LogP contribution is -2.53. The molecule has 1 fully saturated rings. The van der Waals surface area contributed by atoms with Crippen molar-refractivity contribution in [3.8, 4) is 0 Å². The zero-order valence-electron chi connectivity index (χ0n) is 14.1. The van der Waals surface area contributed by atoms with Crippen molar-refractivity contribution in [3.63, 3.8) is 0 Å². The van der Waals surface area contributed by atoms with E-state index in [0.29, 0.717) is 11.6 Å². The molecule has 2 nitrogen and oxygen atoms in total. The van der Waals surface area contributed by atoms with E-state index in [1.54, 1.807) is 0 Å². The summed E-state index contributed by atoms with van der Waals surface area (Å²) in [7, 11) is 4.51. The molecule has 0 heterocycles. The summed E-state index contributed by atoms with van der Waals surface area (Å²) in [4.78, 5) is 2.47. The summed E-state index contributed by atoms with van der Waals surface area (Å²) < 4.78 is 0. The van der Waals surface area contributed by atoms with E-state index < -0.39 is 0 Å². The zero-order valence-corrected chi connectivity index (χ0v) is 14.1. The Morgan fingerprint density at radius 3 is 2.33 bits per heavy atom. The SMILES string of the molecule is CCCC(NCC1(N(C)C)CCCCC1)c1ccccc1. The van der Waals surface area contributed by atoms with Crippen LogP contribution in [0.5, 0.6) is 0 Å². The van der Waals surface area contributed by atoms with Crippen LogP contribution in [0.4, 0.5) is 0 Å².